The monoisotopic (exact) mass is 535 g/mol. The van der Waals surface area contributed by atoms with E-state index in [2.05, 4.69) is 29.2 Å². The molecule has 0 unspecified atom stereocenters. The third kappa shape index (κ3) is 7.08. The number of piperidine rings is 1. The van der Waals surface area contributed by atoms with E-state index >= 15 is 0 Å². The summed E-state index contributed by atoms with van der Waals surface area (Å²) in [6.07, 6.45) is 5.39. The molecular weight excluding hydrogens is 505 g/mol. The Labute approximate surface area is 218 Å². The number of sulfonamides is 1. The lowest BCUT2D eigenvalue weighted by Gasteiger charge is -2.38. The van der Waals surface area contributed by atoms with Crippen LogP contribution in [-0.2, 0) is 20.6 Å². The summed E-state index contributed by atoms with van der Waals surface area (Å²) in [5, 5.41) is 0.820. The van der Waals surface area contributed by atoms with Gasteiger partial charge in [-0.25, -0.2) is 12.7 Å². The number of carbonyl (C=O) groups excluding carboxylic acids is 1. The number of piperazine rings is 1. The van der Waals surface area contributed by atoms with Crippen LogP contribution in [-0.4, -0.2) is 74.2 Å². The van der Waals surface area contributed by atoms with E-state index in [9.17, 15) is 13.2 Å². The second kappa shape index (κ2) is 11.9. The fourth-order valence-corrected chi connectivity index (χ4v) is 6.77. The Morgan fingerprint density at radius 3 is 2.29 bits per heavy atom. The summed E-state index contributed by atoms with van der Waals surface area (Å²) in [4.78, 5) is 17.4. The maximum atomic E-state index is 13.1. The van der Waals surface area contributed by atoms with Crippen LogP contribution in [0.2, 0.25) is 10.0 Å². The zero-order chi connectivity index (χ0) is 24.8. The fraction of sp³-hybridized carbons (Fsp3) is 0.423. The third-order valence-corrected chi connectivity index (χ3v) is 9.12. The molecular formula is C26H31Cl2N3O3S. The molecule has 6 nitrogen and oxygen atoms in total. The van der Waals surface area contributed by atoms with Gasteiger partial charge in [-0.2, -0.15) is 0 Å². The molecule has 2 saturated heterocycles. The minimum atomic E-state index is -3.51. The number of hydrogen-bond acceptors (Lipinski definition) is 4. The maximum absolute atomic E-state index is 13.1. The van der Waals surface area contributed by atoms with Crippen molar-refractivity contribution >= 4 is 45.2 Å². The molecule has 0 aromatic heterocycles. The Morgan fingerprint density at radius 1 is 0.943 bits per heavy atom. The van der Waals surface area contributed by atoms with Gasteiger partial charge in [-0.3, -0.25) is 9.69 Å². The topological polar surface area (TPSA) is 60.9 Å². The highest BCUT2D eigenvalue weighted by molar-refractivity contribution is 7.88. The fourth-order valence-electron chi connectivity index (χ4n) is 4.62. The molecule has 4 rings (SSSR count). The average molecular weight is 537 g/mol. The lowest BCUT2D eigenvalue weighted by molar-refractivity contribution is -0.138. The minimum Gasteiger partial charge on any atom is -0.340 e. The number of carbonyl (C=O) groups is 1. The summed E-state index contributed by atoms with van der Waals surface area (Å²) < 4.78 is 27.3. The third-order valence-electron chi connectivity index (χ3n) is 6.71. The molecule has 0 spiro atoms. The van der Waals surface area contributed by atoms with E-state index in [0.717, 1.165) is 19.6 Å². The number of nitrogens with zero attached hydrogens (tertiary/aromatic N) is 3. The zero-order valence-electron chi connectivity index (χ0n) is 19.7. The van der Waals surface area contributed by atoms with Crippen LogP contribution in [0.1, 0.15) is 24.0 Å². The molecule has 2 fully saturated rings. The standard InChI is InChI=1S/C26H31Cl2N3O3S/c27-24-9-8-23(25(28)19-24)20-35(33,34)31-13-10-22(11-14-31)26(32)30-17-15-29(16-18-30)12-4-7-21-5-2-1-3-6-21/h1-9,19,22H,10-18,20H2/b7-4+. The molecule has 188 valence electrons. The summed E-state index contributed by atoms with van der Waals surface area (Å²) in [5.41, 5.74) is 1.72. The molecule has 9 heteroatoms. The van der Waals surface area contributed by atoms with Crippen LogP contribution in [0.25, 0.3) is 6.08 Å². The summed E-state index contributed by atoms with van der Waals surface area (Å²) in [6, 6.07) is 15.1. The van der Waals surface area contributed by atoms with Crippen LogP contribution < -0.4 is 0 Å². The van der Waals surface area contributed by atoms with E-state index in [4.69, 9.17) is 23.2 Å². The second-order valence-corrected chi connectivity index (χ2v) is 11.9. The SMILES string of the molecule is O=C(C1CCN(S(=O)(=O)Cc2ccc(Cl)cc2Cl)CC1)N1CCN(C/C=C/c2ccccc2)CC1. The number of amides is 1. The van der Waals surface area contributed by atoms with Gasteiger partial charge in [0.15, 0.2) is 0 Å². The predicted molar refractivity (Wildman–Crippen MR) is 142 cm³/mol. The summed E-state index contributed by atoms with van der Waals surface area (Å²) >= 11 is 12.1. The summed E-state index contributed by atoms with van der Waals surface area (Å²) in [7, 11) is -3.51. The molecule has 0 aliphatic carbocycles. The van der Waals surface area contributed by atoms with Crippen LogP contribution in [0.4, 0.5) is 0 Å². The largest absolute Gasteiger partial charge is 0.340 e. The molecule has 2 aromatic rings. The first-order chi connectivity index (χ1) is 16.8. The Hall–Kier alpha value is -1.90. The number of benzene rings is 2. The van der Waals surface area contributed by atoms with Crippen LogP contribution in [0, 0.1) is 5.92 Å². The highest BCUT2D eigenvalue weighted by Crippen LogP contribution is 2.27. The normalized spacial score (nSPS) is 18.9. The Balaban J connectivity index is 1.22. The van der Waals surface area contributed by atoms with Gasteiger partial charge in [-0.05, 0) is 36.1 Å². The quantitative estimate of drug-likeness (QED) is 0.527. The van der Waals surface area contributed by atoms with Gasteiger partial charge in [0.25, 0.3) is 0 Å². The minimum absolute atomic E-state index is 0.120. The van der Waals surface area contributed by atoms with Crippen molar-refractivity contribution < 1.29 is 13.2 Å². The molecule has 35 heavy (non-hydrogen) atoms. The van der Waals surface area contributed by atoms with E-state index in [-0.39, 0.29) is 17.6 Å². The lowest BCUT2D eigenvalue weighted by atomic mass is 9.96. The predicted octanol–water partition coefficient (Wildman–Crippen LogP) is 4.39. The molecule has 0 saturated carbocycles. The van der Waals surface area contributed by atoms with Crippen molar-refractivity contribution in [3.63, 3.8) is 0 Å². The smallest absolute Gasteiger partial charge is 0.225 e. The Morgan fingerprint density at radius 2 is 1.63 bits per heavy atom. The van der Waals surface area contributed by atoms with Gasteiger partial charge in [0.2, 0.25) is 15.9 Å². The first kappa shape index (κ1) is 26.2. The molecule has 0 bridgehead atoms. The first-order valence-corrected chi connectivity index (χ1v) is 14.3. The van der Waals surface area contributed by atoms with Crippen molar-refractivity contribution in [3.05, 3.63) is 75.8 Å². The second-order valence-electron chi connectivity index (χ2n) is 9.10. The molecule has 2 heterocycles. The number of rotatable bonds is 7. The van der Waals surface area contributed by atoms with Crippen molar-refractivity contribution in [1.29, 1.82) is 0 Å². The van der Waals surface area contributed by atoms with E-state index in [1.807, 2.05) is 23.1 Å². The lowest BCUT2D eigenvalue weighted by Crippen LogP contribution is -2.51. The van der Waals surface area contributed by atoms with Crippen molar-refractivity contribution in [2.24, 2.45) is 5.92 Å². The van der Waals surface area contributed by atoms with Gasteiger partial charge < -0.3 is 4.90 Å². The van der Waals surface area contributed by atoms with Gasteiger partial charge in [0.05, 0.1) is 5.75 Å². The summed E-state index contributed by atoms with van der Waals surface area (Å²) in [6.45, 7) is 4.70. The van der Waals surface area contributed by atoms with Crippen LogP contribution in [0.15, 0.2) is 54.6 Å². The molecule has 0 radical (unpaired) electrons. The van der Waals surface area contributed by atoms with E-state index in [0.29, 0.717) is 54.6 Å². The first-order valence-electron chi connectivity index (χ1n) is 12.0. The van der Waals surface area contributed by atoms with E-state index in [1.54, 1.807) is 18.2 Å². The van der Waals surface area contributed by atoms with Crippen molar-refractivity contribution in [2.45, 2.75) is 18.6 Å². The van der Waals surface area contributed by atoms with Crippen LogP contribution in [0.3, 0.4) is 0 Å². The van der Waals surface area contributed by atoms with Gasteiger partial charge in [0.1, 0.15) is 0 Å². The molecule has 2 aliphatic rings. The Bertz CT molecular complexity index is 1140. The van der Waals surface area contributed by atoms with Crippen LogP contribution >= 0.6 is 23.2 Å². The number of halogens is 2. The summed E-state index contributed by atoms with van der Waals surface area (Å²) in [5.74, 6) is -0.130. The maximum Gasteiger partial charge on any atom is 0.225 e. The molecule has 2 aromatic carbocycles. The molecule has 1 amide bonds. The van der Waals surface area contributed by atoms with Gasteiger partial charge in [0, 0.05) is 61.8 Å². The molecule has 2 aliphatic heterocycles. The average Bonchev–Trinajstić information content (AvgIpc) is 2.86. The zero-order valence-corrected chi connectivity index (χ0v) is 22.0. The van der Waals surface area contributed by atoms with E-state index in [1.165, 1.54) is 9.87 Å². The van der Waals surface area contributed by atoms with E-state index < -0.39 is 10.0 Å². The van der Waals surface area contributed by atoms with Crippen molar-refractivity contribution in [3.8, 4) is 0 Å². The highest BCUT2D eigenvalue weighted by atomic mass is 35.5. The van der Waals surface area contributed by atoms with Crippen LogP contribution in [0.5, 0.6) is 0 Å². The Kier molecular flexibility index (Phi) is 8.89. The molecule has 0 atom stereocenters. The van der Waals surface area contributed by atoms with Crippen molar-refractivity contribution in [1.82, 2.24) is 14.1 Å². The van der Waals surface area contributed by atoms with Crippen molar-refractivity contribution in [2.75, 3.05) is 45.8 Å². The van der Waals surface area contributed by atoms with Gasteiger partial charge >= 0.3 is 0 Å². The van der Waals surface area contributed by atoms with Gasteiger partial charge in [-0.1, -0.05) is 71.8 Å². The molecule has 0 N–H and O–H groups in total. The highest BCUT2D eigenvalue weighted by Gasteiger charge is 2.34. The number of hydrogen-bond donors (Lipinski definition) is 0. The van der Waals surface area contributed by atoms with Gasteiger partial charge in [-0.15, -0.1) is 0 Å².